The predicted molar refractivity (Wildman–Crippen MR) is 125 cm³/mol. The highest BCUT2D eigenvalue weighted by atomic mass is 19.1. The lowest BCUT2D eigenvalue weighted by atomic mass is 9.73. The van der Waals surface area contributed by atoms with Crippen molar-refractivity contribution in [1.29, 1.82) is 0 Å². The van der Waals surface area contributed by atoms with Crippen LogP contribution in [0.5, 0.6) is 0 Å². The molecule has 8 nitrogen and oxygen atoms in total. The number of imide groups is 1. The van der Waals surface area contributed by atoms with Crippen LogP contribution in [0.15, 0.2) is 48.8 Å². The maximum Gasteiger partial charge on any atom is 0.325 e. The lowest BCUT2D eigenvalue weighted by Crippen LogP contribution is -2.54. The average Bonchev–Trinajstić information content (AvgIpc) is 3.47. The largest absolute Gasteiger partial charge is 0.376 e. The van der Waals surface area contributed by atoms with Crippen LogP contribution in [-0.2, 0) is 26.3 Å². The van der Waals surface area contributed by atoms with E-state index in [9.17, 15) is 18.8 Å². The summed E-state index contributed by atoms with van der Waals surface area (Å²) >= 11 is 0. The summed E-state index contributed by atoms with van der Waals surface area (Å²) in [5, 5.41) is 3.01. The molecular formula is C26H29FN4O4. The van der Waals surface area contributed by atoms with Crippen molar-refractivity contribution in [2.24, 2.45) is 5.92 Å². The molecule has 4 amide bonds. The first kappa shape index (κ1) is 23.4. The van der Waals surface area contributed by atoms with E-state index in [1.54, 1.807) is 35.5 Å². The molecule has 0 radical (unpaired) electrons. The number of nitrogens with zero attached hydrogens (tertiary/aromatic N) is 3. The molecule has 3 aliphatic heterocycles. The Kier molecular flexibility index (Phi) is 6.51. The van der Waals surface area contributed by atoms with Crippen LogP contribution in [-0.4, -0.2) is 65.0 Å². The maximum absolute atomic E-state index is 13.9. The zero-order chi connectivity index (χ0) is 24.4. The third-order valence-electron chi connectivity index (χ3n) is 7.36. The van der Waals surface area contributed by atoms with E-state index >= 15 is 0 Å². The van der Waals surface area contributed by atoms with Crippen molar-refractivity contribution in [2.45, 2.75) is 43.7 Å². The zero-order valence-corrected chi connectivity index (χ0v) is 19.5. The van der Waals surface area contributed by atoms with Crippen molar-refractivity contribution in [3.05, 3.63) is 65.7 Å². The number of benzene rings is 1. The standard InChI is InChI=1S/C26H29FN4O4/c27-21-6-1-4-18(14-21)15-23(32)30-11-8-19(9-12-30)26(20-5-2-10-28-16-20)24(33)31(25(34)29-26)17-22-7-3-13-35-22/h1-2,4-6,10,14,16,19,22H,3,7-9,11-13,15,17H2,(H,29,34)/t22-,26+/m1/s1. The van der Waals surface area contributed by atoms with E-state index in [0.29, 0.717) is 43.7 Å². The molecule has 2 atom stereocenters. The minimum absolute atomic E-state index is 0.0775. The zero-order valence-electron chi connectivity index (χ0n) is 19.5. The van der Waals surface area contributed by atoms with Gasteiger partial charge in [-0.15, -0.1) is 0 Å². The van der Waals surface area contributed by atoms with Gasteiger partial charge in [0.1, 0.15) is 5.82 Å². The van der Waals surface area contributed by atoms with Crippen LogP contribution in [0.3, 0.4) is 0 Å². The second-order valence-electron chi connectivity index (χ2n) is 9.49. The fraction of sp³-hybridized carbons (Fsp3) is 0.462. The predicted octanol–water partition coefficient (Wildman–Crippen LogP) is 2.63. The summed E-state index contributed by atoms with van der Waals surface area (Å²) in [5.41, 5.74) is 0.0615. The molecule has 3 aliphatic rings. The lowest BCUT2D eigenvalue weighted by Gasteiger charge is -2.41. The fourth-order valence-electron chi connectivity index (χ4n) is 5.55. The number of ether oxygens (including phenoxy) is 1. The normalized spacial score (nSPS) is 25.2. The highest BCUT2D eigenvalue weighted by molar-refractivity contribution is 6.07. The van der Waals surface area contributed by atoms with E-state index in [0.717, 1.165) is 12.8 Å². The van der Waals surface area contributed by atoms with Crippen molar-refractivity contribution < 1.29 is 23.5 Å². The van der Waals surface area contributed by atoms with Crippen molar-refractivity contribution in [3.8, 4) is 0 Å². The summed E-state index contributed by atoms with van der Waals surface area (Å²) in [6.07, 6.45) is 6.09. The highest BCUT2D eigenvalue weighted by Gasteiger charge is 2.57. The van der Waals surface area contributed by atoms with Gasteiger partial charge in [-0.05, 0) is 55.4 Å². The first-order valence-electron chi connectivity index (χ1n) is 12.2. The molecular weight excluding hydrogens is 451 g/mol. The number of amides is 4. The Labute approximate surface area is 203 Å². The molecule has 0 spiro atoms. The third kappa shape index (κ3) is 4.52. The summed E-state index contributed by atoms with van der Waals surface area (Å²) in [6, 6.07) is 9.22. The second-order valence-corrected chi connectivity index (χ2v) is 9.49. The van der Waals surface area contributed by atoms with E-state index < -0.39 is 11.6 Å². The molecule has 1 N–H and O–H groups in total. The summed E-state index contributed by atoms with van der Waals surface area (Å²) in [5.74, 6) is -0.923. The van der Waals surface area contributed by atoms with E-state index in [-0.39, 0.29) is 42.6 Å². The van der Waals surface area contributed by atoms with E-state index in [2.05, 4.69) is 10.3 Å². The Morgan fingerprint density at radius 1 is 1.17 bits per heavy atom. The van der Waals surface area contributed by atoms with Gasteiger partial charge in [0.25, 0.3) is 5.91 Å². The molecule has 1 aromatic heterocycles. The Morgan fingerprint density at radius 3 is 2.69 bits per heavy atom. The maximum atomic E-state index is 13.9. The molecule has 0 bridgehead atoms. The van der Waals surface area contributed by atoms with Crippen LogP contribution >= 0.6 is 0 Å². The Morgan fingerprint density at radius 2 is 2.00 bits per heavy atom. The summed E-state index contributed by atoms with van der Waals surface area (Å²) < 4.78 is 19.2. The number of piperidine rings is 1. The first-order valence-corrected chi connectivity index (χ1v) is 12.2. The Bertz CT molecular complexity index is 1100. The monoisotopic (exact) mass is 480 g/mol. The lowest BCUT2D eigenvalue weighted by molar-refractivity contribution is -0.137. The third-order valence-corrected chi connectivity index (χ3v) is 7.36. The van der Waals surface area contributed by atoms with Crippen LogP contribution in [0, 0.1) is 11.7 Å². The summed E-state index contributed by atoms with van der Waals surface area (Å²) in [4.78, 5) is 47.0. The van der Waals surface area contributed by atoms with Crippen LogP contribution in [0.4, 0.5) is 9.18 Å². The van der Waals surface area contributed by atoms with E-state index in [1.807, 2.05) is 6.07 Å². The molecule has 184 valence electrons. The molecule has 5 rings (SSSR count). The van der Waals surface area contributed by atoms with Crippen molar-refractivity contribution in [3.63, 3.8) is 0 Å². The number of rotatable bonds is 6. The van der Waals surface area contributed by atoms with Gasteiger partial charge in [-0.1, -0.05) is 18.2 Å². The first-order chi connectivity index (χ1) is 17.0. The van der Waals surface area contributed by atoms with Gasteiger partial charge in [-0.3, -0.25) is 19.5 Å². The van der Waals surface area contributed by atoms with Crippen LogP contribution in [0.1, 0.15) is 36.8 Å². The molecule has 4 heterocycles. The number of carbonyl (C=O) groups excluding carboxylic acids is 3. The molecule has 35 heavy (non-hydrogen) atoms. The van der Waals surface area contributed by atoms with Gasteiger partial charge in [-0.2, -0.15) is 0 Å². The average molecular weight is 481 g/mol. The van der Waals surface area contributed by atoms with Crippen LogP contribution in [0.25, 0.3) is 0 Å². The van der Waals surface area contributed by atoms with E-state index in [4.69, 9.17) is 4.74 Å². The van der Waals surface area contributed by atoms with Gasteiger partial charge in [0.05, 0.1) is 19.1 Å². The summed E-state index contributed by atoms with van der Waals surface area (Å²) in [6.45, 7) is 1.78. The number of hydrogen-bond acceptors (Lipinski definition) is 5. The quantitative estimate of drug-likeness (QED) is 0.642. The van der Waals surface area contributed by atoms with Gasteiger partial charge in [0, 0.05) is 37.7 Å². The summed E-state index contributed by atoms with van der Waals surface area (Å²) in [7, 11) is 0. The van der Waals surface area contributed by atoms with E-state index in [1.165, 1.54) is 17.0 Å². The number of halogens is 1. The van der Waals surface area contributed by atoms with Gasteiger partial charge >= 0.3 is 6.03 Å². The molecule has 3 saturated heterocycles. The molecule has 0 unspecified atom stereocenters. The van der Waals surface area contributed by atoms with Gasteiger partial charge in [-0.25, -0.2) is 9.18 Å². The van der Waals surface area contributed by atoms with Crippen molar-refractivity contribution in [1.82, 2.24) is 20.1 Å². The van der Waals surface area contributed by atoms with Gasteiger partial charge < -0.3 is 15.0 Å². The molecule has 2 aromatic rings. The SMILES string of the molecule is O=C(Cc1cccc(F)c1)N1CCC([C@@]2(c3cccnc3)NC(=O)N(C[C@H]3CCCO3)C2=O)CC1. The van der Waals surface area contributed by atoms with Crippen molar-refractivity contribution in [2.75, 3.05) is 26.2 Å². The molecule has 0 aliphatic carbocycles. The number of aromatic nitrogens is 1. The van der Waals surface area contributed by atoms with Crippen LogP contribution < -0.4 is 5.32 Å². The molecule has 3 fully saturated rings. The minimum Gasteiger partial charge on any atom is -0.376 e. The molecule has 0 saturated carbocycles. The van der Waals surface area contributed by atoms with Gasteiger partial charge in [0.2, 0.25) is 5.91 Å². The smallest absolute Gasteiger partial charge is 0.325 e. The Balaban J connectivity index is 1.33. The number of hydrogen-bond donors (Lipinski definition) is 1. The highest BCUT2D eigenvalue weighted by Crippen LogP contribution is 2.41. The number of carbonyl (C=O) groups is 3. The second kappa shape index (κ2) is 9.73. The molecule has 9 heteroatoms. The van der Waals surface area contributed by atoms with Gasteiger partial charge in [0.15, 0.2) is 5.54 Å². The minimum atomic E-state index is -1.22. The number of urea groups is 1. The van der Waals surface area contributed by atoms with Crippen molar-refractivity contribution >= 4 is 17.8 Å². The molecule has 1 aromatic carbocycles. The number of likely N-dealkylation sites (tertiary alicyclic amines) is 1. The Hall–Kier alpha value is -3.33. The number of pyridine rings is 1. The fourth-order valence-corrected chi connectivity index (χ4v) is 5.55. The number of nitrogens with one attached hydrogen (secondary N) is 1. The topological polar surface area (TPSA) is 91.8 Å². The van der Waals surface area contributed by atoms with Crippen LogP contribution in [0.2, 0.25) is 0 Å².